The van der Waals surface area contributed by atoms with Crippen LogP contribution in [-0.2, 0) is 0 Å². The van der Waals surface area contributed by atoms with Crippen LogP contribution in [0.15, 0.2) is 23.0 Å². The molecule has 1 N–H and O–H groups in total. The van der Waals surface area contributed by atoms with Gasteiger partial charge in [0.1, 0.15) is 17.1 Å². The van der Waals surface area contributed by atoms with E-state index in [0.717, 1.165) is 42.9 Å². The van der Waals surface area contributed by atoms with Crippen molar-refractivity contribution >= 4 is 16.7 Å². The zero-order chi connectivity index (χ0) is 22.1. The van der Waals surface area contributed by atoms with Gasteiger partial charge in [-0.1, -0.05) is 19.3 Å². The number of ether oxygens (including phenoxy) is 1. The van der Waals surface area contributed by atoms with Crippen LogP contribution < -0.4 is 15.2 Å². The van der Waals surface area contributed by atoms with Crippen molar-refractivity contribution in [3.05, 3.63) is 34.2 Å². The Bertz CT molecular complexity index is 1150. The van der Waals surface area contributed by atoms with Crippen molar-refractivity contribution in [1.82, 2.24) is 19.7 Å². The molecule has 3 heterocycles. The topological polar surface area (TPSA) is 76.0 Å². The Morgan fingerprint density at radius 1 is 1.09 bits per heavy atom. The SMILES string of the molecule is CCOc1cc(N2CCCCC2)ccc1-c1nc2c(C)nn(C3CCCCC3)c2c(=O)[nH]1. The largest absolute Gasteiger partial charge is 0.493 e. The molecular weight excluding hydrogens is 402 g/mol. The third kappa shape index (κ3) is 3.89. The second-order valence-electron chi connectivity index (χ2n) is 9.09. The Hall–Kier alpha value is -2.83. The Kier molecular flexibility index (Phi) is 5.89. The number of piperidine rings is 1. The highest BCUT2D eigenvalue weighted by Crippen LogP contribution is 2.34. The molecule has 1 saturated heterocycles. The second kappa shape index (κ2) is 8.96. The maximum atomic E-state index is 13.2. The molecule has 0 bridgehead atoms. The Morgan fingerprint density at radius 3 is 2.59 bits per heavy atom. The van der Waals surface area contributed by atoms with Crippen molar-refractivity contribution in [3.63, 3.8) is 0 Å². The Morgan fingerprint density at radius 2 is 1.84 bits per heavy atom. The molecule has 1 aliphatic heterocycles. The molecule has 1 aliphatic carbocycles. The van der Waals surface area contributed by atoms with E-state index >= 15 is 0 Å². The highest BCUT2D eigenvalue weighted by atomic mass is 16.5. The highest BCUT2D eigenvalue weighted by Gasteiger charge is 2.23. The second-order valence-corrected chi connectivity index (χ2v) is 9.09. The summed E-state index contributed by atoms with van der Waals surface area (Å²) in [7, 11) is 0. The van der Waals surface area contributed by atoms with E-state index in [-0.39, 0.29) is 11.6 Å². The van der Waals surface area contributed by atoms with Gasteiger partial charge in [-0.2, -0.15) is 5.10 Å². The lowest BCUT2D eigenvalue weighted by molar-refractivity contribution is 0.336. The number of hydrogen-bond acceptors (Lipinski definition) is 5. The molecule has 32 heavy (non-hydrogen) atoms. The number of aryl methyl sites for hydroxylation is 1. The zero-order valence-corrected chi connectivity index (χ0v) is 19.2. The van der Waals surface area contributed by atoms with Crippen molar-refractivity contribution < 1.29 is 4.74 Å². The van der Waals surface area contributed by atoms with E-state index in [1.165, 1.54) is 44.2 Å². The van der Waals surface area contributed by atoms with Crippen molar-refractivity contribution in [3.8, 4) is 17.1 Å². The first kappa shape index (κ1) is 21.0. The molecule has 0 unspecified atom stereocenters. The van der Waals surface area contributed by atoms with Gasteiger partial charge in [0, 0.05) is 24.8 Å². The molecule has 2 aromatic heterocycles. The fourth-order valence-corrected chi connectivity index (χ4v) is 5.24. The van der Waals surface area contributed by atoms with Gasteiger partial charge in [-0.05, 0) is 58.1 Å². The van der Waals surface area contributed by atoms with E-state index in [4.69, 9.17) is 14.8 Å². The highest BCUT2D eigenvalue weighted by molar-refractivity contribution is 5.80. The maximum absolute atomic E-state index is 13.2. The van der Waals surface area contributed by atoms with Gasteiger partial charge in [0.05, 0.1) is 23.9 Å². The minimum absolute atomic E-state index is 0.126. The summed E-state index contributed by atoms with van der Waals surface area (Å²) >= 11 is 0. The van der Waals surface area contributed by atoms with Crippen LogP contribution in [0.3, 0.4) is 0 Å². The number of aromatic amines is 1. The van der Waals surface area contributed by atoms with E-state index in [1.54, 1.807) is 0 Å². The normalized spacial score (nSPS) is 17.8. The lowest BCUT2D eigenvalue weighted by Gasteiger charge is -2.29. The summed E-state index contributed by atoms with van der Waals surface area (Å²) in [6.07, 6.45) is 9.54. The summed E-state index contributed by atoms with van der Waals surface area (Å²) < 4.78 is 7.93. The summed E-state index contributed by atoms with van der Waals surface area (Å²) in [5.74, 6) is 1.30. The molecule has 1 aromatic carbocycles. The average Bonchev–Trinajstić information content (AvgIpc) is 3.17. The fraction of sp³-hybridized carbons (Fsp3) is 0.560. The minimum atomic E-state index is -0.126. The molecule has 2 fully saturated rings. The van der Waals surface area contributed by atoms with Crippen LogP contribution in [0, 0.1) is 6.92 Å². The van der Waals surface area contributed by atoms with Crippen molar-refractivity contribution in [2.75, 3.05) is 24.6 Å². The van der Waals surface area contributed by atoms with Crippen molar-refractivity contribution in [1.29, 1.82) is 0 Å². The summed E-state index contributed by atoms with van der Waals surface area (Å²) in [4.78, 5) is 23.5. The molecule has 0 amide bonds. The average molecular weight is 436 g/mol. The molecular formula is C25H33N5O2. The molecule has 1 saturated carbocycles. The van der Waals surface area contributed by atoms with Crippen LogP contribution in [0.5, 0.6) is 5.75 Å². The summed E-state index contributed by atoms with van der Waals surface area (Å²) in [5.41, 5.74) is 3.95. The van der Waals surface area contributed by atoms with Gasteiger partial charge in [0.2, 0.25) is 0 Å². The molecule has 2 aliphatic rings. The van der Waals surface area contributed by atoms with E-state index in [1.807, 2.05) is 24.6 Å². The molecule has 5 rings (SSSR count). The number of hydrogen-bond donors (Lipinski definition) is 1. The molecule has 0 spiro atoms. The molecule has 0 radical (unpaired) electrons. The van der Waals surface area contributed by atoms with Gasteiger partial charge < -0.3 is 14.6 Å². The minimum Gasteiger partial charge on any atom is -0.493 e. The fourth-order valence-electron chi connectivity index (χ4n) is 5.24. The van der Waals surface area contributed by atoms with Crippen LogP contribution in [0.2, 0.25) is 0 Å². The van der Waals surface area contributed by atoms with E-state index in [2.05, 4.69) is 22.0 Å². The summed E-state index contributed by atoms with van der Waals surface area (Å²) in [6, 6.07) is 6.52. The first-order valence-corrected chi connectivity index (χ1v) is 12.2. The Balaban J connectivity index is 1.56. The van der Waals surface area contributed by atoms with Gasteiger partial charge in [-0.15, -0.1) is 0 Å². The molecule has 170 valence electrons. The van der Waals surface area contributed by atoms with Gasteiger partial charge in [-0.3, -0.25) is 9.48 Å². The lowest BCUT2D eigenvalue weighted by atomic mass is 9.95. The number of nitrogens with one attached hydrogen (secondary N) is 1. The van der Waals surface area contributed by atoms with Crippen LogP contribution in [0.4, 0.5) is 5.69 Å². The number of rotatable bonds is 5. The molecule has 0 atom stereocenters. The van der Waals surface area contributed by atoms with Gasteiger partial charge in [0.25, 0.3) is 5.56 Å². The van der Waals surface area contributed by atoms with E-state index in [0.29, 0.717) is 23.5 Å². The first-order valence-electron chi connectivity index (χ1n) is 12.2. The number of fused-ring (bicyclic) bond motifs is 1. The third-order valence-electron chi connectivity index (χ3n) is 6.89. The number of benzene rings is 1. The standard InChI is InChI=1S/C25H33N5O2/c1-3-32-21-16-19(29-14-8-5-9-15-29)12-13-20(21)24-26-22-17(2)28-30(23(22)25(31)27-24)18-10-6-4-7-11-18/h12-13,16,18H,3-11,14-15H2,1-2H3,(H,26,27,31). The molecule has 7 nitrogen and oxygen atoms in total. The summed E-state index contributed by atoms with van der Waals surface area (Å²) in [6.45, 7) is 6.63. The zero-order valence-electron chi connectivity index (χ0n) is 19.2. The monoisotopic (exact) mass is 435 g/mol. The molecule has 7 heteroatoms. The van der Waals surface area contributed by atoms with Crippen LogP contribution >= 0.6 is 0 Å². The first-order chi connectivity index (χ1) is 15.7. The number of H-pyrrole nitrogens is 1. The number of aromatic nitrogens is 4. The summed E-state index contributed by atoms with van der Waals surface area (Å²) in [5, 5.41) is 4.74. The van der Waals surface area contributed by atoms with Crippen LogP contribution in [-0.4, -0.2) is 39.4 Å². The number of nitrogens with zero attached hydrogens (tertiary/aromatic N) is 4. The lowest BCUT2D eigenvalue weighted by Crippen LogP contribution is -2.29. The van der Waals surface area contributed by atoms with Crippen molar-refractivity contribution in [2.45, 2.75) is 71.3 Å². The van der Waals surface area contributed by atoms with Gasteiger partial charge >= 0.3 is 0 Å². The van der Waals surface area contributed by atoms with Crippen LogP contribution in [0.1, 0.15) is 70.0 Å². The predicted molar refractivity (Wildman–Crippen MR) is 128 cm³/mol. The quantitative estimate of drug-likeness (QED) is 0.611. The predicted octanol–water partition coefficient (Wildman–Crippen LogP) is 4.99. The van der Waals surface area contributed by atoms with Gasteiger partial charge in [-0.25, -0.2) is 4.98 Å². The van der Waals surface area contributed by atoms with Crippen molar-refractivity contribution in [2.24, 2.45) is 0 Å². The van der Waals surface area contributed by atoms with E-state index < -0.39 is 0 Å². The van der Waals surface area contributed by atoms with E-state index in [9.17, 15) is 4.79 Å². The molecule has 3 aromatic rings. The van der Waals surface area contributed by atoms with Gasteiger partial charge in [0.15, 0.2) is 5.52 Å². The smallest absolute Gasteiger partial charge is 0.277 e. The maximum Gasteiger partial charge on any atom is 0.277 e. The Labute approximate surface area is 188 Å². The van der Waals surface area contributed by atoms with Crippen LogP contribution in [0.25, 0.3) is 22.4 Å². The number of anilines is 1. The third-order valence-corrected chi connectivity index (χ3v) is 6.89.